The highest BCUT2D eigenvalue weighted by atomic mass is 32.1. The third-order valence-corrected chi connectivity index (χ3v) is 10.7. The predicted octanol–water partition coefficient (Wildman–Crippen LogP) is 13.2. The molecule has 7 aromatic carbocycles. The molecule has 220 valence electrons. The molecular formula is C42H23NO3S. The molecule has 0 radical (unpaired) electrons. The van der Waals surface area contributed by atoms with E-state index in [0.29, 0.717) is 0 Å². The second-order valence-corrected chi connectivity index (χ2v) is 13.1. The monoisotopic (exact) mass is 621 g/mol. The van der Waals surface area contributed by atoms with Gasteiger partial charge in [-0.1, -0.05) is 66.7 Å². The van der Waals surface area contributed by atoms with E-state index in [1.54, 1.807) is 0 Å². The van der Waals surface area contributed by atoms with Crippen LogP contribution >= 0.6 is 11.3 Å². The number of nitrogens with zero attached hydrogens (tertiary/aromatic N) is 1. The van der Waals surface area contributed by atoms with Crippen LogP contribution < -0.4 is 4.90 Å². The Bertz CT molecular complexity index is 3030. The molecule has 0 fully saturated rings. The molecule has 4 heterocycles. The van der Waals surface area contributed by atoms with E-state index < -0.39 is 0 Å². The maximum atomic E-state index is 6.62. The van der Waals surface area contributed by atoms with Crippen LogP contribution in [0.5, 0.6) is 0 Å². The minimum atomic E-state index is 0.829. The molecule has 0 aliphatic carbocycles. The summed E-state index contributed by atoms with van der Waals surface area (Å²) < 4.78 is 21.8. The molecule has 0 unspecified atom stereocenters. The number of benzene rings is 7. The van der Waals surface area contributed by atoms with Crippen molar-refractivity contribution in [1.29, 1.82) is 0 Å². The summed E-state index contributed by atoms with van der Waals surface area (Å²) in [7, 11) is 0. The molecule has 47 heavy (non-hydrogen) atoms. The highest BCUT2D eigenvalue weighted by Crippen LogP contribution is 2.46. The highest BCUT2D eigenvalue weighted by Gasteiger charge is 2.20. The summed E-state index contributed by atoms with van der Waals surface area (Å²) in [6.45, 7) is 0. The summed E-state index contributed by atoms with van der Waals surface area (Å²) in [4.78, 5) is 2.34. The van der Waals surface area contributed by atoms with Crippen molar-refractivity contribution in [1.82, 2.24) is 0 Å². The lowest BCUT2D eigenvalue weighted by Crippen LogP contribution is -2.09. The fourth-order valence-corrected chi connectivity index (χ4v) is 8.51. The summed E-state index contributed by atoms with van der Waals surface area (Å²) in [5, 5.41) is 8.81. The van der Waals surface area contributed by atoms with Crippen LogP contribution in [0.4, 0.5) is 17.1 Å². The lowest BCUT2D eigenvalue weighted by Gasteiger charge is -2.26. The van der Waals surface area contributed by atoms with Gasteiger partial charge in [0.25, 0.3) is 0 Å². The van der Waals surface area contributed by atoms with Crippen molar-refractivity contribution in [3.05, 3.63) is 140 Å². The Morgan fingerprint density at radius 3 is 1.66 bits per heavy atom. The number of hydrogen-bond donors (Lipinski definition) is 0. The van der Waals surface area contributed by atoms with E-state index in [9.17, 15) is 0 Å². The molecule has 0 aliphatic heterocycles. The molecular weight excluding hydrogens is 599 g/mol. The molecule has 0 aliphatic rings. The molecule has 0 saturated heterocycles. The quantitative estimate of drug-likeness (QED) is 0.197. The van der Waals surface area contributed by atoms with E-state index in [1.807, 2.05) is 29.5 Å². The number of fused-ring (bicyclic) bond motifs is 12. The molecule has 11 rings (SSSR count). The van der Waals surface area contributed by atoms with Crippen LogP contribution in [0.15, 0.2) is 153 Å². The molecule has 5 heteroatoms. The van der Waals surface area contributed by atoms with Gasteiger partial charge in [-0.25, -0.2) is 0 Å². The van der Waals surface area contributed by atoms with Gasteiger partial charge in [0.05, 0.1) is 10.4 Å². The molecule has 0 saturated carbocycles. The fourth-order valence-electron chi connectivity index (χ4n) is 7.30. The first kappa shape index (κ1) is 25.2. The minimum Gasteiger partial charge on any atom is -0.456 e. The topological polar surface area (TPSA) is 42.7 Å². The molecule has 4 nitrogen and oxygen atoms in total. The second kappa shape index (κ2) is 9.25. The van der Waals surface area contributed by atoms with Gasteiger partial charge in [0.15, 0.2) is 0 Å². The summed E-state index contributed by atoms with van der Waals surface area (Å²) >= 11 is 1.84. The molecule has 11 aromatic rings. The van der Waals surface area contributed by atoms with E-state index >= 15 is 0 Å². The molecule has 0 bridgehead atoms. The number of anilines is 3. The van der Waals surface area contributed by atoms with E-state index in [0.717, 1.165) is 82.9 Å². The SMILES string of the molecule is c1ccc(N(c2ccc3c(c2)oc2cc4c(cc23)oc2cc3c(cc24)oc2ccccc23)c2cccc3c2sc2ccccc23)cc1. The van der Waals surface area contributed by atoms with Gasteiger partial charge >= 0.3 is 0 Å². The lowest BCUT2D eigenvalue weighted by atomic mass is 10.1. The normalized spacial score (nSPS) is 12.3. The maximum absolute atomic E-state index is 6.62. The van der Waals surface area contributed by atoms with Gasteiger partial charge in [-0.3, -0.25) is 0 Å². The zero-order valence-corrected chi connectivity index (χ0v) is 25.7. The van der Waals surface area contributed by atoms with Crippen LogP contribution in [0.1, 0.15) is 0 Å². The van der Waals surface area contributed by atoms with Gasteiger partial charge in [0.2, 0.25) is 0 Å². The van der Waals surface area contributed by atoms with Crippen LogP contribution in [0, 0.1) is 0 Å². The van der Waals surface area contributed by atoms with E-state index in [2.05, 4.69) is 126 Å². The molecule has 0 spiro atoms. The first-order valence-electron chi connectivity index (χ1n) is 15.7. The Balaban J connectivity index is 1.11. The third kappa shape index (κ3) is 3.57. The molecule has 4 aromatic heterocycles. The van der Waals surface area contributed by atoms with Gasteiger partial charge in [0.1, 0.15) is 33.5 Å². The van der Waals surface area contributed by atoms with Gasteiger partial charge < -0.3 is 18.2 Å². The Morgan fingerprint density at radius 2 is 0.915 bits per heavy atom. The zero-order chi connectivity index (χ0) is 30.6. The lowest BCUT2D eigenvalue weighted by molar-refractivity contribution is 0.662. The second-order valence-electron chi connectivity index (χ2n) is 12.1. The number of para-hydroxylation sites is 2. The van der Waals surface area contributed by atoms with Crippen LogP contribution in [0.2, 0.25) is 0 Å². The van der Waals surface area contributed by atoms with Crippen molar-refractivity contribution in [3.63, 3.8) is 0 Å². The smallest absolute Gasteiger partial charge is 0.137 e. The average Bonchev–Trinajstić information content (AvgIpc) is 3.86. The Hall–Kier alpha value is -6.04. The van der Waals surface area contributed by atoms with Gasteiger partial charge in [-0.15, -0.1) is 11.3 Å². The van der Waals surface area contributed by atoms with Crippen molar-refractivity contribution in [2.75, 3.05) is 4.90 Å². The number of rotatable bonds is 3. The molecule has 0 atom stereocenters. The highest BCUT2D eigenvalue weighted by molar-refractivity contribution is 7.26. The first-order valence-corrected chi connectivity index (χ1v) is 16.5. The first-order chi connectivity index (χ1) is 23.3. The van der Waals surface area contributed by atoms with E-state index in [4.69, 9.17) is 13.3 Å². The zero-order valence-electron chi connectivity index (χ0n) is 24.9. The van der Waals surface area contributed by atoms with Crippen LogP contribution in [-0.4, -0.2) is 0 Å². The van der Waals surface area contributed by atoms with Crippen molar-refractivity contribution in [2.24, 2.45) is 0 Å². The van der Waals surface area contributed by atoms with Gasteiger partial charge in [-0.05, 0) is 66.7 Å². The minimum absolute atomic E-state index is 0.829. The number of furan rings is 3. The molecule has 0 N–H and O–H groups in total. The van der Waals surface area contributed by atoms with Crippen molar-refractivity contribution >= 4 is 114 Å². The largest absolute Gasteiger partial charge is 0.456 e. The van der Waals surface area contributed by atoms with Crippen LogP contribution in [0.3, 0.4) is 0 Å². The fraction of sp³-hybridized carbons (Fsp3) is 0. The Labute approximate surface area is 271 Å². The third-order valence-electron chi connectivity index (χ3n) is 9.44. The Kier molecular flexibility index (Phi) is 4.96. The summed E-state index contributed by atoms with van der Waals surface area (Å²) in [6.07, 6.45) is 0. The van der Waals surface area contributed by atoms with Gasteiger partial charge in [0, 0.05) is 65.2 Å². The van der Waals surface area contributed by atoms with Crippen molar-refractivity contribution < 1.29 is 13.3 Å². The summed E-state index contributed by atoms with van der Waals surface area (Å²) in [5.41, 5.74) is 8.34. The summed E-state index contributed by atoms with van der Waals surface area (Å²) in [6, 6.07) is 48.9. The maximum Gasteiger partial charge on any atom is 0.137 e. The summed E-state index contributed by atoms with van der Waals surface area (Å²) in [5.74, 6) is 0. The van der Waals surface area contributed by atoms with Crippen LogP contribution in [-0.2, 0) is 0 Å². The number of thiophene rings is 1. The van der Waals surface area contributed by atoms with Gasteiger partial charge in [-0.2, -0.15) is 0 Å². The standard InChI is InChI=1S/C42H23NO3S/c1-2-9-24(10-3-1)43(34-14-8-13-29-28-12-5-7-16-41(28)47-42(29)34)25-17-18-27-31-21-40-33(23-38(31)45-36(27)19-25)32-22-37-30(20-39(32)46-40)26-11-4-6-15-35(26)44-37/h1-23H. The van der Waals surface area contributed by atoms with Crippen molar-refractivity contribution in [3.8, 4) is 0 Å². The van der Waals surface area contributed by atoms with E-state index in [-0.39, 0.29) is 0 Å². The average molecular weight is 622 g/mol. The predicted molar refractivity (Wildman–Crippen MR) is 196 cm³/mol. The molecule has 0 amide bonds. The van der Waals surface area contributed by atoms with Crippen molar-refractivity contribution in [2.45, 2.75) is 0 Å². The van der Waals surface area contributed by atoms with Crippen LogP contribution in [0.25, 0.3) is 86.0 Å². The van der Waals surface area contributed by atoms with E-state index in [1.165, 1.54) is 20.2 Å². The number of hydrogen-bond acceptors (Lipinski definition) is 5. The Morgan fingerprint density at radius 1 is 0.362 bits per heavy atom.